The largest absolute Gasteiger partial charge is 0.389 e. The van der Waals surface area contributed by atoms with Crippen LogP contribution in [-0.2, 0) is 14.3 Å². The lowest BCUT2D eigenvalue weighted by atomic mass is 10.1. The molecule has 0 aliphatic heterocycles. The molecule has 1 atom stereocenters. The van der Waals surface area contributed by atoms with Crippen LogP contribution >= 0.6 is 0 Å². The van der Waals surface area contributed by atoms with Gasteiger partial charge in [0.15, 0.2) is 0 Å². The highest BCUT2D eigenvalue weighted by Crippen LogP contribution is 2.13. The summed E-state index contributed by atoms with van der Waals surface area (Å²) in [6.07, 6.45) is -0.880. The molecule has 0 aliphatic carbocycles. The quantitative estimate of drug-likeness (QED) is 0.778. The van der Waals surface area contributed by atoms with Gasteiger partial charge in [-0.2, -0.15) is 8.42 Å². The summed E-state index contributed by atoms with van der Waals surface area (Å²) in [5.41, 5.74) is 0.829. The molecule has 20 heavy (non-hydrogen) atoms. The van der Waals surface area contributed by atoms with Crippen molar-refractivity contribution in [3.05, 3.63) is 29.8 Å². The minimum absolute atomic E-state index is 0.0964. The Bertz CT molecular complexity index is 517. The zero-order valence-electron chi connectivity index (χ0n) is 12.4. The lowest BCUT2D eigenvalue weighted by molar-refractivity contribution is 0.103. The van der Waals surface area contributed by atoms with Crippen LogP contribution in [0.4, 0.5) is 0 Å². The van der Waals surface area contributed by atoms with E-state index in [0.29, 0.717) is 0 Å². The molecule has 1 aromatic rings. The molecule has 0 amide bonds. The molecular formula is C14H23NO4S. The first-order valence-corrected chi connectivity index (χ1v) is 7.90. The number of aliphatic hydroxyl groups excluding tert-OH is 1. The lowest BCUT2D eigenvalue weighted by Gasteiger charge is -2.22. The average Bonchev–Trinajstić information content (AvgIpc) is 2.34. The second kappa shape index (κ2) is 6.67. The standard InChI is InChI=1S/C14H23NO4S/c1-11-5-7-13(8-6-11)20(17,18)19-10-12(16)9-15-14(2,3)4/h5-8,12,15-16H,9-10H2,1-4H3. The van der Waals surface area contributed by atoms with E-state index in [0.717, 1.165) is 5.56 Å². The van der Waals surface area contributed by atoms with Gasteiger partial charge in [0.05, 0.1) is 17.6 Å². The van der Waals surface area contributed by atoms with E-state index >= 15 is 0 Å². The Morgan fingerprint density at radius 2 is 1.80 bits per heavy atom. The Hall–Kier alpha value is -0.950. The number of hydrogen-bond donors (Lipinski definition) is 2. The molecule has 0 radical (unpaired) electrons. The molecule has 1 unspecified atom stereocenters. The van der Waals surface area contributed by atoms with Crippen LogP contribution in [0.1, 0.15) is 26.3 Å². The Labute approximate surface area is 121 Å². The first-order chi connectivity index (χ1) is 9.10. The number of rotatable bonds is 6. The van der Waals surface area contributed by atoms with Crippen LogP contribution in [0.5, 0.6) is 0 Å². The molecule has 1 aromatic carbocycles. The van der Waals surface area contributed by atoms with Gasteiger partial charge in [-0.15, -0.1) is 0 Å². The molecule has 0 bridgehead atoms. The Morgan fingerprint density at radius 3 is 2.30 bits per heavy atom. The van der Waals surface area contributed by atoms with Gasteiger partial charge in [0.25, 0.3) is 10.1 Å². The van der Waals surface area contributed by atoms with Crippen molar-refractivity contribution in [3.63, 3.8) is 0 Å². The molecule has 0 aromatic heterocycles. The van der Waals surface area contributed by atoms with Crippen molar-refractivity contribution in [1.82, 2.24) is 5.32 Å². The topological polar surface area (TPSA) is 75.6 Å². The van der Waals surface area contributed by atoms with Gasteiger partial charge < -0.3 is 10.4 Å². The van der Waals surface area contributed by atoms with Crippen molar-refractivity contribution in [2.75, 3.05) is 13.2 Å². The van der Waals surface area contributed by atoms with Gasteiger partial charge >= 0.3 is 0 Å². The molecule has 0 saturated heterocycles. The van der Waals surface area contributed by atoms with Crippen molar-refractivity contribution >= 4 is 10.1 Å². The molecule has 0 spiro atoms. The predicted octanol–water partition coefficient (Wildman–Crippen LogP) is 1.45. The minimum atomic E-state index is -3.81. The first-order valence-electron chi connectivity index (χ1n) is 6.49. The van der Waals surface area contributed by atoms with Crippen LogP contribution in [0.2, 0.25) is 0 Å². The van der Waals surface area contributed by atoms with Gasteiger partial charge in [-0.3, -0.25) is 4.18 Å². The zero-order chi connectivity index (χ0) is 15.4. The monoisotopic (exact) mass is 301 g/mol. The van der Waals surface area contributed by atoms with E-state index in [-0.39, 0.29) is 23.6 Å². The fourth-order valence-electron chi connectivity index (χ4n) is 1.42. The zero-order valence-corrected chi connectivity index (χ0v) is 13.2. The second-order valence-electron chi connectivity index (χ2n) is 5.84. The SMILES string of the molecule is Cc1ccc(S(=O)(=O)OCC(O)CNC(C)(C)C)cc1. The second-order valence-corrected chi connectivity index (χ2v) is 7.45. The summed E-state index contributed by atoms with van der Waals surface area (Å²) in [6, 6.07) is 6.39. The van der Waals surface area contributed by atoms with Gasteiger partial charge in [0.1, 0.15) is 0 Å². The average molecular weight is 301 g/mol. The Morgan fingerprint density at radius 1 is 1.25 bits per heavy atom. The van der Waals surface area contributed by atoms with Gasteiger partial charge in [0.2, 0.25) is 0 Å². The molecule has 114 valence electrons. The third-order valence-electron chi connectivity index (χ3n) is 2.59. The van der Waals surface area contributed by atoms with Crippen molar-refractivity contribution in [1.29, 1.82) is 0 Å². The number of hydrogen-bond acceptors (Lipinski definition) is 5. The van der Waals surface area contributed by atoms with Crippen LogP contribution in [-0.4, -0.2) is 38.3 Å². The smallest absolute Gasteiger partial charge is 0.297 e. The summed E-state index contributed by atoms with van der Waals surface area (Å²) in [7, 11) is -3.81. The number of β-amino-alcohol motifs (C(OH)–C–C–N with tert-alkyl or cyclic N) is 1. The highest BCUT2D eigenvalue weighted by atomic mass is 32.2. The van der Waals surface area contributed by atoms with E-state index in [9.17, 15) is 13.5 Å². The molecule has 6 heteroatoms. The summed E-state index contributed by atoms with van der Waals surface area (Å²) < 4.78 is 28.7. The van der Waals surface area contributed by atoms with E-state index in [4.69, 9.17) is 4.18 Å². The van der Waals surface area contributed by atoms with Crippen molar-refractivity contribution in [3.8, 4) is 0 Å². The fourth-order valence-corrected chi connectivity index (χ4v) is 2.37. The molecule has 0 fully saturated rings. The minimum Gasteiger partial charge on any atom is -0.389 e. The van der Waals surface area contributed by atoms with E-state index < -0.39 is 16.2 Å². The predicted molar refractivity (Wildman–Crippen MR) is 78.1 cm³/mol. The number of aliphatic hydroxyl groups is 1. The summed E-state index contributed by atoms with van der Waals surface area (Å²) in [4.78, 5) is 0.0964. The van der Waals surface area contributed by atoms with Gasteiger partial charge in [-0.25, -0.2) is 0 Å². The van der Waals surface area contributed by atoms with E-state index in [1.165, 1.54) is 12.1 Å². The number of aryl methyl sites for hydroxylation is 1. The van der Waals surface area contributed by atoms with Crippen LogP contribution in [0.25, 0.3) is 0 Å². The number of benzene rings is 1. The molecule has 0 aliphatic rings. The maximum atomic E-state index is 11.9. The van der Waals surface area contributed by atoms with Crippen LogP contribution in [0, 0.1) is 6.92 Å². The third kappa shape index (κ3) is 6.00. The molecule has 2 N–H and O–H groups in total. The van der Waals surface area contributed by atoms with Crippen LogP contribution in [0.15, 0.2) is 29.2 Å². The van der Waals surface area contributed by atoms with Gasteiger partial charge in [-0.05, 0) is 39.8 Å². The summed E-state index contributed by atoms with van der Waals surface area (Å²) in [6.45, 7) is 7.77. The molecule has 0 saturated carbocycles. The highest BCUT2D eigenvalue weighted by Gasteiger charge is 2.18. The van der Waals surface area contributed by atoms with Gasteiger partial charge in [-0.1, -0.05) is 17.7 Å². The Kier molecular flexibility index (Phi) is 5.70. The van der Waals surface area contributed by atoms with Crippen molar-refractivity contribution < 1.29 is 17.7 Å². The molecule has 1 rings (SSSR count). The highest BCUT2D eigenvalue weighted by molar-refractivity contribution is 7.86. The fraction of sp³-hybridized carbons (Fsp3) is 0.571. The first kappa shape index (κ1) is 17.1. The lowest BCUT2D eigenvalue weighted by Crippen LogP contribution is -2.42. The third-order valence-corrected chi connectivity index (χ3v) is 3.89. The Balaban J connectivity index is 2.53. The van der Waals surface area contributed by atoms with Gasteiger partial charge in [0, 0.05) is 12.1 Å². The molecular weight excluding hydrogens is 278 g/mol. The maximum absolute atomic E-state index is 11.9. The van der Waals surface area contributed by atoms with Crippen LogP contribution in [0.3, 0.4) is 0 Å². The summed E-state index contributed by atoms with van der Waals surface area (Å²) >= 11 is 0. The summed E-state index contributed by atoms with van der Waals surface area (Å²) in [5, 5.41) is 12.8. The van der Waals surface area contributed by atoms with E-state index in [1.54, 1.807) is 12.1 Å². The van der Waals surface area contributed by atoms with E-state index in [1.807, 2.05) is 27.7 Å². The summed E-state index contributed by atoms with van der Waals surface area (Å²) in [5.74, 6) is 0. The normalized spacial score (nSPS) is 14.2. The molecule has 5 nitrogen and oxygen atoms in total. The van der Waals surface area contributed by atoms with Crippen LogP contribution < -0.4 is 5.32 Å². The van der Waals surface area contributed by atoms with Crippen molar-refractivity contribution in [2.24, 2.45) is 0 Å². The number of nitrogens with one attached hydrogen (secondary N) is 1. The maximum Gasteiger partial charge on any atom is 0.297 e. The van der Waals surface area contributed by atoms with Crippen molar-refractivity contribution in [2.45, 2.75) is 44.2 Å². The van der Waals surface area contributed by atoms with E-state index in [2.05, 4.69) is 5.32 Å². The molecule has 0 heterocycles.